The summed E-state index contributed by atoms with van der Waals surface area (Å²) in [6.45, 7) is 2.11. The van der Waals surface area contributed by atoms with E-state index in [1.54, 1.807) is 6.20 Å². The molecule has 2 aliphatic rings. The molecular formula is C24H24N2O. The van der Waals surface area contributed by atoms with Crippen LogP contribution in [0, 0.1) is 24.7 Å². The molecule has 2 aliphatic carbocycles. The first kappa shape index (κ1) is 16.5. The summed E-state index contributed by atoms with van der Waals surface area (Å²) in [5, 5.41) is 4.28. The number of carbonyl (C=O) groups is 1. The number of amides is 1. The van der Waals surface area contributed by atoms with Crippen LogP contribution in [0.2, 0.25) is 0 Å². The topological polar surface area (TPSA) is 42.0 Å². The summed E-state index contributed by atoms with van der Waals surface area (Å²) in [7, 11) is 0. The SMILES string of the molecule is Cc1ccc([C@@H]2[C@@H]3CC[C@@H](C3)[C@@H]2C(=O)Nc2cccc3cccnc23)cc1. The molecule has 2 fully saturated rings. The number of pyridine rings is 1. The van der Waals surface area contributed by atoms with Gasteiger partial charge in [-0.1, -0.05) is 48.0 Å². The van der Waals surface area contributed by atoms with Gasteiger partial charge in [0.2, 0.25) is 5.91 Å². The van der Waals surface area contributed by atoms with Crippen molar-refractivity contribution in [2.75, 3.05) is 5.32 Å². The van der Waals surface area contributed by atoms with E-state index in [9.17, 15) is 4.79 Å². The van der Waals surface area contributed by atoms with E-state index in [4.69, 9.17) is 0 Å². The zero-order valence-corrected chi connectivity index (χ0v) is 15.6. The van der Waals surface area contributed by atoms with Crippen LogP contribution in [-0.2, 0) is 4.79 Å². The van der Waals surface area contributed by atoms with E-state index in [1.807, 2.05) is 30.3 Å². The number of aromatic nitrogens is 1. The number of aryl methyl sites for hydroxylation is 1. The van der Waals surface area contributed by atoms with Crippen molar-refractivity contribution in [1.82, 2.24) is 4.98 Å². The number of nitrogens with zero attached hydrogens (tertiary/aromatic N) is 1. The molecule has 4 atom stereocenters. The number of hydrogen-bond acceptors (Lipinski definition) is 2. The number of hydrogen-bond donors (Lipinski definition) is 1. The monoisotopic (exact) mass is 356 g/mol. The highest BCUT2D eigenvalue weighted by Gasteiger charge is 2.51. The van der Waals surface area contributed by atoms with E-state index in [-0.39, 0.29) is 11.8 Å². The first-order chi connectivity index (χ1) is 13.2. The molecule has 5 rings (SSSR count). The average Bonchev–Trinajstić information content (AvgIpc) is 3.30. The average molecular weight is 356 g/mol. The highest BCUT2D eigenvalue weighted by Crippen LogP contribution is 2.57. The van der Waals surface area contributed by atoms with Crippen LogP contribution in [0.5, 0.6) is 0 Å². The van der Waals surface area contributed by atoms with Gasteiger partial charge >= 0.3 is 0 Å². The summed E-state index contributed by atoms with van der Waals surface area (Å²) in [5.41, 5.74) is 4.28. The minimum atomic E-state index is 0.0606. The van der Waals surface area contributed by atoms with Crippen LogP contribution in [0.15, 0.2) is 60.8 Å². The van der Waals surface area contributed by atoms with Crippen LogP contribution in [0.3, 0.4) is 0 Å². The van der Waals surface area contributed by atoms with Crippen molar-refractivity contribution >= 4 is 22.5 Å². The van der Waals surface area contributed by atoms with Crippen LogP contribution in [0.25, 0.3) is 10.9 Å². The van der Waals surface area contributed by atoms with Crippen molar-refractivity contribution < 1.29 is 4.79 Å². The van der Waals surface area contributed by atoms with Gasteiger partial charge in [0.25, 0.3) is 0 Å². The molecule has 0 saturated heterocycles. The van der Waals surface area contributed by atoms with Gasteiger partial charge in [-0.25, -0.2) is 0 Å². The van der Waals surface area contributed by atoms with Gasteiger partial charge in [-0.2, -0.15) is 0 Å². The molecule has 3 heteroatoms. The second-order valence-corrected chi connectivity index (χ2v) is 8.17. The summed E-state index contributed by atoms with van der Waals surface area (Å²) < 4.78 is 0. The number of fused-ring (bicyclic) bond motifs is 3. The highest BCUT2D eigenvalue weighted by molar-refractivity contribution is 6.01. The molecule has 2 aromatic carbocycles. The predicted octanol–water partition coefficient (Wildman–Crippen LogP) is 5.31. The number of nitrogens with one attached hydrogen (secondary N) is 1. The van der Waals surface area contributed by atoms with E-state index >= 15 is 0 Å². The lowest BCUT2D eigenvalue weighted by Crippen LogP contribution is -2.32. The van der Waals surface area contributed by atoms with Crippen LogP contribution in [0.4, 0.5) is 5.69 Å². The van der Waals surface area contributed by atoms with E-state index < -0.39 is 0 Å². The molecule has 1 heterocycles. The maximum absolute atomic E-state index is 13.4. The summed E-state index contributed by atoms with van der Waals surface area (Å²) in [6, 6.07) is 18.7. The molecule has 2 saturated carbocycles. The lowest BCUT2D eigenvalue weighted by atomic mass is 9.75. The Hall–Kier alpha value is -2.68. The van der Waals surface area contributed by atoms with Crippen molar-refractivity contribution in [3.05, 3.63) is 71.9 Å². The molecular weight excluding hydrogens is 332 g/mol. The third-order valence-electron chi connectivity index (χ3n) is 6.57. The number of anilines is 1. The molecule has 1 amide bonds. The zero-order valence-electron chi connectivity index (χ0n) is 15.6. The molecule has 0 aliphatic heterocycles. The van der Waals surface area contributed by atoms with Gasteiger partial charge < -0.3 is 5.32 Å². The minimum Gasteiger partial charge on any atom is -0.324 e. The molecule has 0 unspecified atom stereocenters. The molecule has 0 radical (unpaired) electrons. The van der Waals surface area contributed by atoms with Gasteiger partial charge in [0.15, 0.2) is 0 Å². The Morgan fingerprint density at radius 2 is 1.78 bits per heavy atom. The number of para-hydroxylation sites is 1. The van der Waals surface area contributed by atoms with Crippen molar-refractivity contribution in [3.8, 4) is 0 Å². The molecule has 27 heavy (non-hydrogen) atoms. The van der Waals surface area contributed by atoms with Gasteiger partial charge in [0.05, 0.1) is 11.2 Å². The highest BCUT2D eigenvalue weighted by atomic mass is 16.1. The van der Waals surface area contributed by atoms with Gasteiger partial charge in [-0.3, -0.25) is 9.78 Å². The Morgan fingerprint density at radius 3 is 2.63 bits per heavy atom. The minimum absolute atomic E-state index is 0.0606. The van der Waals surface area contributed by atoms with E-state index in [1.165, 1.54) is 30.4 Å². The van der Waals surface area contributed by atoms with Crippen molar-refractivity contribution in [3.63, 3.8) is 0 Å². The fraction of sp³-hybridized carbons (Fsp3) is 0.333. The summed E-state index contributed by atoms with van der Waals surface area (Å²) in [5.74, 6) is 1.70. The molecule has 1 N–H and O–H groups in total. The Balaban J connectivity index is 1.47. The standard InChI is InChI=1S/C24H24N2O/c1-15-7-9-16(10-8-15)21-18-11-12-19(14-18)22(21)24(27)26-20-6-2-4-17-5-3-13-25-23(17)20/h2-10,13,18-19,21-22H,11-12,14H2,1H3,(H,26,27)/t18-,19+,21-,22+/m1/s1. The van der Waals surface area contributed by atoms with Crippen LogP contribution < -0.4 is 5.32 Å². The fourth-order valence-corrected chi connectivity index (χ4v) is 5.36. The third kappa shape index (κ3) is 2.82. The maximum Gasteiger partial charge on any atom is 0.228 e. The molecule has 2 bridgehead atoms. The molecule has 3 nitrogen and oxygen atoms in total. The summed E-state index contributed by atoms with van der Waals surface area (Å²) in [6.07, 6.45) is 5.40. The molecule has 0 spiro atoms. The molecule has 136 valence electrons. The Morgan fingerprint density at radius 1 is 1.00 bits per heavy atom. The predicted molar refractivity (Wildman–Crippen MR) is 109 cm³/mol. The molecule has 1 aromatic heterocycles. The van der Waals surface area contributed by atoms with E-state index in [0.717, 1.165) is 16.6 Å². The zero-order chi connectivity index (χ0) is 18.4. The van der Waals surface area contributed by atoms with Crippen LogP contribution >= 0.6 is 0 Å². The Labute approximate surface area is 159 Å². The first-order valence-electron chi connectivity index (χ1n) is 9.92. The number of benzene rings is 2. The van der Waals surface area contributed by atoms with Crippen LogP contribution in [0.1, 0.15) is 36.3 Å². The largest absolute Gasteiger partial charge is 0.324 e. The third-order valence-corrected chi connectivity index (χ3v) is 6.57. The second-order valence-electron chi connectivity index (χ2n) is 8.17. The Kier molecular flexibility index (Phi) is 3.96. The van der Waals surface area contributed by atoms with E-state index in [0.29, 0.717) is 17.8 Å². The Bertz CT molecular complexity index is 989. The van der Waals surface area contributed by atoms with Gasteiger partial charge in [-0.05, 0) is 61.6 Å². The quantitative estimate of drug-likeness (QED) is 0.691. The number of rotatable bonds is 3. The van der Waals surface area contributed by atoms with Crippen molar-refractivity contribution in [1.29, 1.82) is 0 Å². The smallest absolute Gasteiger partial charge is 0.228 e. The normalized spacial score (nSPS) is 26.4. The summed E-state index contributed by atoms with van der Waals surface area (Å²) in [4.78, 5) is 17.8. The summed E-state index contributed by atoms with van der Waals surface area (Å²) >= 11 is 0. The lowest BCUT2D eigenvalue weighted by Gasteiger charge is -2.30. The van der Waals surface area contributed by atoms with Crippen LogP contribution in [-0.4, -0.2) is 10.9 Å². The molecule has 3 aromatic rings. The maximum atomic E-state index is 13.4. The van der Waals surface area contributed by atoms with Crippen molar-refractivity contribution in [2.45, 2.75) is 32.1 Å². The van der Waals surface area contributed by atoms with Gasteiger partial charge in [0, 0.05) is 17.5 Å². The van der Waals surface area contributed by atoms with Gasteiger partial charge in [0.1, 0.15) is 0 Å². The fourth-order valence-electron chi connectivity index (χ4n) is 5.36. The van der Waals surface area contributed by atoms with Gasteiger partial charge in [-0.15, -0.1) is 0 Å². The van der Waals surface area contributed by atoms with Crippen molar-refractivity contribution in [2.24, 2.45) is 17.8 Å². The number of carbonyl (C=O) groups excluding carboxylic acids is 1. The van der Waals surface area contributed by atoms with E-state index in [2.05, 4.69) is 41.5 Å². The second kappa shape index (κ2) is 6.49. The lowest BCUT2D eigenvalue weighted by molar-refractivity contribution is -0.121. The first-order valence-corrected chi connectivity index (χ1v) is 9.92.